The highest BCUT2D eigenvalue weighted by Crippen LogP contribution is 2.45. The molecule has 2 bridgehead atoms. The summed E-state index contributed by atoms with van der Waals surface area (Å²) in [5.74, 6) is 0.508. The van der Waals surface area contributed by atoms with Crippen molar-refractivity contribution >= 4 is 17.5 Å². The lowest BCUT2D eigenvalue weighted by molar-refractivity contribution is -0.137. The van der Waals surface area contributed by atoms with Crippen molar-refractivity contribution in [2.24, 2.45) is 0 Å². The number of halogens is 4. The summed E-state index contributed by atoms with van der Waals surface area (Å²) in [6.07, 6.45) is -0.243. The quantitative estimate of drug-likeness (QED) is 0.476. The molecule has 6 nitrogen and oxygen atoms in total. The summed E-state index contributed by atoms with van der Waals surface area (Å²) in [4.78, 5) is 33.5. The third-order valence-electron chi connectivity index (χ3n) is 6.43. The molecule has 176 valence electrons. The molecule has 1 aromatic carbocycles. The Hall–Kier alpha value is -3.07. The van der Waals surface area contributed by atoms with Gasteiger partial charge in [0.1, 0.15) is 11.5 Å². The van der Waals surface area contributed by atoms with Gasteiger partial charge in [0, 0.05) is 23.5 Å². The van der Waals surface area contributed by atoms with Crippen LogP contribution in [0.25, 0.3) is 11.5 Å². The molecule has 2 atom stereocenters. The minimum atomic E-state index is -4.65. The molecular weight excluding hydrogens is 467 g/mol. The van der Waals surface area contributed by atoms with E-state index in [1.807, 2.05) is 6.92 Å². The fraction of sp³-hybridized carbons (Fsp3) is 0.375. The molecule has 1 amide bonds. The fourth-order valence-corrected chi connectivity index (χ4v) is 5.30. The number of piperidine rings is 1. The largest absolute Gasteiger partial charge is 0.417 e. The number of aromatic nitrogens is 4. The number of fused-ring (bicyclic) bond motifs is 4. The van der Waals surface area contributed by atoms with Gasteiger partial charge in [-0.15, -0.1) is 0 Å². The summed E-state index contributed by atoms with van der Waals surface area (Å²) >= 11 is 6.10. The molecule has 4 heterocycles. The normalized spacial score (nSPS) is 19.6. The molecule has 3 aromatic rings. The van der Waals surface area contributed by atoms with E-state index in [0.29, 0.717) is 35.9 Å². The van der Waals surface area contributed by atoms with E-state index in [0.717, 1.165) is 30.2 Å². The standard InChI is InChI=1S/C24H21ClF3N5O/c1-12-9-10-29-22(30-12)21-16-11-14-5-3-8-18(20(16)31-13(2)32-21)33(14)23(34)15-6-4-7-17(19(15)25)24(26,27)28/h4,6-7,9-10,14,18H,3,5,8,11H2,1-2H3. The molecule has 5 rings (SSSR count). The van der Waals surface area contributed by atoms with Crippen molar-refractivity contribution in [3.63, 3.8) is 0 Å². The average molecular weight is 488 g/mol. The minimum absolute atomic E-state index is 0.148. The van der Waals surface area contributed by atoms with E-state index in [2.05, 4.69) is 19.9 Å². The maximum absolute atomic E-state index is 13.6. The van der Waals surface area contributed by atoms with Crippen LogP contribution in [0, 0.1) is 13.8 Å². The third kappa shape index (κ3) is 3.81. The number of benzene rings is 1. The third-order valence-corrected chi connectivity index (χ3v) is 6.83. The van der Waals surface area contributed by atoms with Crippen molar-refractivity contribution in [3.8, 4) is 11.5 Å². The highest BCUT2D eigenvalue weighted by Gasteiger charge is 2.44. The molecule has 0 saturated carbocycles. The summed E-state index contributed by atoms with van der Waals surface area (Å²) in [5.41, 5.74) is 1.89. The number of alkyl halides is 3. The Bertz CT molecular complexity index is 1300. The number of carbonyl (C=O) groups is 1. The number of aryl methyl sites for hydroxylation is 2. The van der Waals surface area contributed by atoms with Crippen LogP contribution in [0.2, 0.25) is 5.02 Å². The maximum atomic E-state index is 13.6. The summed E-state index contributed by atoms with van der Waals surface area (Å²) in [6.45, 7) is 3.64. The lowest BCUT2D eigenvalue weighted by atomic mass is 9.81. The Morgan fingerprint density at radius 1 is 1.12 bits per heavy atom. The van der Waals surface area contributed by atoms with Gasteiger partial charge in [-0.3, -0.25) is 4.79 Å². The summed E-state index contributed by atoms with van der Waals surface area (Å²) in [7, 11) is 0. The first kappa shape index (κ1) is 22.7. The van der Waals surface area contributed by atoms with Crippen LogP contribution in [0.4, 0.5) is 13.2 Å². The van der Waals surface area contributed by atoms with Gasteiger partial charge in [0.2, 0.25) is 0 Å². The highest BCUT2D eigenvalue weighted by atomic mass is 35.5. The van der Waals surface area contributed by atoms with Crippen molar-refractivity contribution in [2.45, 2.75) is 57.8 Å². The van der Waals surface area contributed by atoms with Crippen LogP contribution in [0.1, 0.15) is 64.0 Å². The number of hydrogen-bond acceptors (Lipinski definition) is 5. The summed E-state index contributed by atoms with van der Waals surface area (Å²) in [5, 5.41) is -0.573. The van der Waals surface area contributed by atoms with Gasteiger partial charge in [0.05, 0.1) is 27.9 Å². The van der Waals surface area contributed by atoms with Crippen LogP contribution in [0.3, 0.4) is 0 Å². The molecule has 2 aliphatic heterocycles. The van der Waals surface area contributed by atoms with E-state index in [1.165, 1.54) is 12.1 Å². The van der Waals surface area contributed by atoms with Gasteiger partial charge in [0.15, 0.2) is 5.82 Å². The molecule has 1 fully saturated rings. The van der Waals surface area contributed by atoms with E-state index < -0.39 is 22.7 Å². The number of nitrogens with zero attached hydrogens (tertiary/aromatic N) is 5. The van der Waals surface area contributed by atoms with E-state index in [4.69, 9.17) is 11.6 Å². The first-order valence-electron chi connectivity index (χ1n) is 11.0. The number of rotatable bonds is 2. The number of hydrogen-bond donors (Lipinski definition) is 0. The van der Waals surface area contributed by atoms with Crippen LogP contribution in [0.15, 0.2) is 30.5 Å². The zero-order valence-corrected chi connectivity index (χ0v) is 19.3. The smallest absolute Gasteiger partial charge is 0.327 e. The van der Waals surface area contributed by atoms with Crippen LogP contribution >= 0.6 is 11.6 Å². The van der Waals surface area contributed by atoms with E-state index >= 15 is 0 Å². The Kier molecular flexibility index (Phi) is 5.55. The molecule has 2 unspecified atom stereocenters. The molecule has 10 heteroatoms. The van der Waals surface area contributed by atoms with Gasteiger partial charge in [-0.1, -0.05) is 17.7 Å². The van der Waals surface area contributed by atoms with Crippen LogP contribution in [0.5, 0.6) is 0 Å². The lowest BCUT2D eigenvalue weighted by Crippen LogP contribution is -2.50. The predicted octanol–water partition coefficient (Wildman–Crippen LogP) is 5.51. The van der Waals surface area contributed by atoms with Gasteiger partial charge < -0.3 is 4.90 Å². The number of amides is 1. The highest BCUT2D eigenvalue weighted by molar-refractivity contribution is 6.34. The average Bonchev–Trinajstić information content (AvgIpc) is 2.78. The van der Waals surface area contributed by atoms with Crippen molar-refractivity contribution in [1.29, 1.82) is 0 Å². The van der Waals surface area contributed by atoms with Crippen molar-refractivity contribution in [1.82, 2.24) is 24.8 Å². The molecule has 34 heavy (non-hydrogen) atoms. The Balaban J connectivity index is 1.61. The predicted molar refractivity (Wildman–Crippen MR) is 119 cm³/mol. The van der Waals surface area contributed by atoms with Gasteiger partial charge in [-0.25, -0.2) is 19.9 Å². The van der Waals surface area contributed by atoms with Gasteiger partial charge in [-0.05, 0) is 57.7 Å². The van der Waals surface area contributed by atoms with Crippen molar-refractivity contribution in [3.05, 3.63) is 69.4 Å². The van der Waals surface area contributed by atoms with E-state index in [1.54, 1.807) is 24.1 Å². The SMILES string of the molecule is Cc1ccnc(-c2nc(C)nc3c2CC2CCCC3N2C(=O)c2cccc(C(F)(F)F)c2Cl)n1. The molecule has 1 saturated heterocycles. The van der Waals surface area contributed by atoms with Crippen molar-refractivity contribution < 1.29 is 18.0 Å². The second kappa shape index (κ2) is 8.30. The number of carbonyl (C=O) groups excluding carboxylic acids is 1. The van der Waals surface area contributed by atoms with E-state index in [9.17, 15) is 18.0 Å². The minimum Gasteiger partial charge on any atom is -0.327 e. The Morgan fingerprint density at radius 2 is 1.91 bits per heavy atom. The van der Waals surface area contributed by atoms with Gasteiger partial charge >= 0.3 is 6.18 Å². The lowest BCUT2D eigenvalue weighted by Gasteiger charge is -2.46. The van der Waals surface area contributed by atoms with Crippen LogP contribution < -0.4 is 0 Å². The molecule has 2 aromatic heterocycles. The molecular formula is C24H21ClF3N5O. The fourth-order valence-electron chi connectivity index (χ4n) is 4.99. The topological polar surface area (TPSA) is 71.9 Å². The van der Waals surface area contributed by atoms with Crippen LogP contribution in [-0.4, -0.2) is 36.8 Å². The van der Waals surface area contributed by atoms with Crippen LogP contribution in [-0.2, 0) is 12.6 Å². The van der Waals surface area contributed by atoms with Gasteiger partial charge in [0.25, 0.3) is 5.91 Å². The monoisotopic (exact) mass is 487 g/mol. The van der Waals surface area contributed by atoms with E-state index in [-0.39, 0.29) is 17.6 Å². The Labute approximate surface area is 199 Å². The molecule has 0 radical (unpaired) electrons. The second-order valence-corrected chi connectivity index (χ2v) is 9.06. The first-order chi connectivity index (χ1) is 16.1. The Morgan fingerprint density at radius 3 is 2.65 bits per heavy atom. The molecule has 0 aliphatic carbocycles. The molecule has 0 N–H and O–H groups in total. The van der Waals surface area contributed by atoms with Crippen molar-refractivity contribution in [2.75, 3.05) is 0 Å². The zero-order chi connectivity index (χ0) is 24.2. The molecule has 0 spiro atoms. The summed E-state index contributed by atoms with van der Waals surface area (Å²) in [6, 6.07) is 4.66. The summed E-state index contributed by atoms with van der Waals surface area (Å²) < 4.78 is 40.2. The van der Waals surface area contributed by atoms with Gasteiger partial charge in [-0.2, -0.15) is 13.2 Å². The zero-order valence-electron chi connectivity index (χ0n) is 18.5. The maximum Gasteiger partial charge on any atom is 0.417 e. The second-order valence-electron chi connectivity index (χ2n) is 8.69. The first-order valence-corrected chi connectivity index (χ1v) is 11.4. The molecule has 2 aliphatic rings.